The molecule has 3 aliphatic rings. The fourth-order valence-corrected chi connectivity index (χ4v) is 7.88. The molecule has 0 aliphatic carbocycles. The molecule has 20 nitrogen and oxygen atoms in total. The molecule has 3 unspecified atom stereocenters. The van der Waals surface area contributed by atoms with E-state index >= 15 is 0 Å². The molecule has 3 fully saturated rings. The molecule has 0 saturated carbocycles. The summed E-state index contributed by atoms with van der Waals surface area (Å²) in [4.78, 5) is 60.3. The van der Waals surface area contributed by atoms with E-state index in [1.807, 2.05) is 0 Å². The van der Waals surface area contributed by atoms with Crippen molar-refractivity contribution < 1.29 is 41.8 Å². The SMILES string of the molecule is C=C[P@]1(=O)OC[C@H]2O[C@@H](n3cnc4c(N)ncnc43)C(=O)C2OP(O)(=S)OCC2C[C@@H](O1)[C@H](n1c(=O)[nH]c3c(N)ncnc31)O2. The monoisotopic (exact) mass is 682 g/mol. The Bertz CT molecular complexity index is 2000. The number of aromatic amines is 1. The Morgan fingerprint density at radius 3 is 2.56 bits per heavy atom. The molecule has 7 heterocycles. The highest BCUT2D eigenvalue weighted by Crippen LogP contribution is 2.56. The van der Waals surface area contributed by atoms with Crippen molar-refractivity contribution in [2.45, 2.75) is 43.3 Å². The number of Topliss-reactive ketones (excluding diaryl/α,β-unsaturated/α-hetero) is 1. The Morgan fingerprint density at radius 2 is 1.78 bits per heavy atom. The van der Waals surface area contributed by atoms with Gasteiger partial charge in [0.25, 0.3) is 0 Å². The van der Waals surface area contributed by atoms with Crippen LogP contribution in [0, 0.1) is 0 Å². The third-order valence-electron chi connectivity index (χ3n) is 7.34. The molecular formula is C22H24N10O10P2S. The first-order chi connectivity index (χ1) is 21.5. The number of nitrogens with two attached hydrogens (primary N) is 2. The molecule has 6 N–H and O–H groups in total. The second-order valence-corrected chi connectivity index (χ2v) is 14.8. The molecule has 7 rings (SSSR count). The van der Waals surface area contributed by atoms with Crippen LogP contribution in [0.2, 0.25) is 0 Å². The molecule has 3 aliphatic heterocycles. The van der Waals surface area contributed by atoms with Gasteiger partial charge in [-0.15, -0.1) is 0 Å². The van der Waals surface area contributed by atoms with Crippen LogP contribution in [0.1, 0.15) is 18.9 Å². The van der Waals surface area contributed by atoms with E-state index in [9.17, 15) is 19.0 Å². The number of nitrogen functional groups attached to an aromatic ring is 2. The summed E-state index contributed by atoms with van der Waals surface area (Å²) in [6, 6.07) is 0. The van der Waals surface area contributed by atoms with Gasteiger partial charge in [0.1, 0.15) is 35.9 Å². The molecule has 2 bridgehead atoms. The first kappa shape index (κ1) is 30.2. The lowest BCUT2D eigenvalue weighted by Gasteiger charge is -2.26. The third-order valence-corrected chi connectivity index (χ3v) is 10.4. The van der Waals surface area contributed by atoms with E-state index in [1.54, 1.807) is 0 Å². The van der Waals surface area contributed by atoms with E-state index in [4.69, 9.17) is 50.8 Å². The van der Waals surface area contributed by atoms with Gasteiger partial charge in [-0.25, -0.2) is 34.3 Å². The highest BCUT2D eigenvalue weighted by atomic mass is 32.5. The summed E-state index contributed by atoms with van der Waals surface area (Å²) in [6.07, 6.45) is -3.70. The molecule has 0 amide bonds. The van der Waals surface area contributed by atoms with E-state index in [1.165, 1.54) is 17.2 Å². The summed E-state index contributed by atoms with van der Waals surface area (Å²) in [6.45, 7) is -1.45. The number of imidazole rings is 2. The van der Waals surface area contributed by atoms with Crippen molar-refractivity contribution >= 4 is 65.9 Å². The first-order valence-corrected chi connectivity index (χ1v) is 17.4. The molecule has 4 aromatic rings. The molecule has 3 saturated heterocycles. The molecule has 45 heavy (non-hydrogen) atoms. The van der Waals surface area contributed by atoms with E-state index in [2.05, 4.69) is 36.5 Å². The van der Waals surface area contributed by atoms with Crippen molar-refractivity contribution in [3.05, 3.63) is 41.9 Å². The molecule has 0 aromatic carbocycles. The second kappa shape index (κ2) is 11.1. The van der Waals surface area contributed by atoms with Gasteiger partial charge < -0.3 is 39.9 Å². The number of rotatable bonds is 3. The zero-order chi connectivity index (χ0) is 31.7. The number of anilines is 2. The minimum atomic E-state index is -4.18. The Labute approximate surface area is 256 Å². The van der Waals surface area contributed by atoms with Crippen molar-refractivity contribution in [2.24, 2.45) is 0 Å². The highest BCUT2D eigenvalue weighted by molar-refractivity contribution is 8.07. The maximum absolute atomic E-state index is 13.9. The smallest absolute Gasteiger partial charge is 0.354 e. The predicted molar refractivity (Wildman–Crippen MR) is 156 cm³/mol. The number of ketones is 1. The maximum Gasteiger partial charge on any atom is 0.354 e. The Kier molecular flexibility index (Phi) is 7.44. The number of H-pyrrole nitrogens is 1. The summed E-state index contributed by atoms with van der Waals surface area (Å²) < 4.78 is 51.2. The molecule has 4 aromatic heterocycles. The average Bonchev–Trinajstić information content (AvgIpc) is 3.76. The van der Waals surface area contributed by atoms with Crippen LogP contribution in [-0.4, -0.2) is 87.3 Å². The average molecular weight is 683 g/mol. The number of carbonyl (C=O) groups is 1. The lowest BCUT2D eigenvalue weighted by Crippen LogP contribution is -2.33. The predicted octanol–water partition coefficient (Wildman–Crippen LogP) is 0.249. The van der Waals surface area contributed by atoms with E-state index in [0.717, 1.165) is 16.7 Å². The summed E-state index contributed by atoms with van der Waals surface area (Å²) in [7, 11) is -4.18. The van der Waals surface area contributed by atoms with Crippen LogP contribution in [0.15, 0.2) is 36.2 Å². The number of carbonyl (C=O) groups excluding carboxylic acids is 1. The molecular weight excluding hydrogens is 658 g/mol. The number of hydrogen-bond acceptors (Lipinski definition) is 17. The lowest BCUT2D eigenvalue weighted by molar-refractivity contribution is -0.129. The number of aromatic nitrogens is 8. The van der Waals surface area contributed by atoms with E-state index < -0.39 is 69.3 Å². The molecule has 0 spiro atoms. The molecule has 238 valence electrons. The van der Waals surface area contributed by atoms with Gasteiger partial charge in [-0.05, 0) is 11.8 Å². The fraction of sp³-hybridized carbons (Fsp3) is 0.409. The van der Waals surface area contributed by atoms with Crippen molar-refractivity contribution in [1.29, 1.82) is 0 Å². The van der Waals surface area contributed by atoms with Gasteiger partial charge in [0, 0.05) is 12.2 Å². The number of ether oxygens (including phenoxy) is 2. The van der Waals surface area contributed by atoms with Crippen LogP contribution in [-0.2, 0) is 48.7 Å². The van der Waals surface area contributed by atoms with Crippen LogP contribution in [0.25, 0.3) is 22.3 Å². The highest BCUT2D eigenvalue weighted by Gasteiger charge is 2.51. The van der Waals surface area contributed by atoms with Gasteiger partial charge in [-0.1, -0.05) is 6.58 Å². The van der Waals surface area contributed by atoms with Crippen LogP contribution in [0.5, 0.6) is 0 Å². The molecule has 8 atom stereocenters. The second-order valence-electron chi connectivity index (χ2n) is 10.1. The van der Waals surface area contributed by atoms with Gasteiger partial charge in [0.15, 0.2) is 41.5 Å². The Balaban J connectivity index is 1.22. The van der Waals surface area contributed by atoms with Gasteiger partial charge in [0.2, 0.25) is 5.78 Å². The lowest BCUT2D eigenvalue weighted by atomic mass is 10.1. The van der Waals surface area contributed by atoms with Crippen molar-refractivity contribution in [1.82, 2.24) is 39.0 Å². The fourth-order valence-electron chi connectivity index (χ4n) is 5.30. The minimum absolute atomic E-state index is 0.00389. The van der Waals surface area contributed by atoms with E-state index in [0.29, 0.717) is 0 Å². The zero-order valence-corrected chi connectivity index (χ0v) is 25.4. The normalized spacial score (nSPS) is 34.3. The maximum atomic E-state index is 13.9. The van der Waals surface area contributed by atoms with Gasteiger partial charge in [0.05, 0.1) is 25.6 Å². The van der Waals surface area contributed by atoms with Gasteiger partial charge in [-0.3, -0.25) is 23.0 Å². The standard InChI is InChI=1S/C22H24N10O10P2S/c1-2-43(35)37-5-11-15(14(33)21(40-11)31-8-29-12-16(23)25-6-27-18(12)31)42-44(36,45)38-4-9-3-10(41-43)20(39-9)32-19-13(30-22(32)34)17(24)26-7-28-19/h2,6-11,15,20-21H,1,3-5H2,(H,30,34)(H,36,45)(H2,23,25,27)(H2,24,26,28)/t9?,10-,11-,15?,20-,21-,43+,44?/m1/s1. The van der Waals surface area contributed by atoms with Gasteiger partial charge >= 0.3 is 20.0 Å². The first-order valence-electron chi connectivity index (χ1n) is 13.2. The molecule has 23 heteroatoms. The number of nitrogens with one attached hydrogen (secondary N) is 1. The zero-order valence-electron chi connectivity index (χ0n) is 22.8. The van der Waals surface area contributed by atoms with Crippen molar-refractivity contribution in [2.75, 3.05) is 24.7 Å². The Morgan fingerprint density at radius 1 is 1.02 bits per heavy atom. The van der Waals surface area contributed by atoms with Crippen LogP contribution >= 0.6 is 14.3 Å². The summed E-state index contributed by atoms with van der Waals surface area (Å²) in [5.74, 6) is 0.379. The van der Waals surface area contributed by atoms with Crippen LogP contribution < -0.4 is 17.2 Å². The summed E-state index contributed by atoms with van der Waals surface area (Å²) in [5, 5.41) is 0. The van der Waals surface area contributed by atoms with Crippen LogP contribution in [0.3, 0.4) is 0 Å². The number of fused-ring (bicyclic) bond motifs is 5. The van der Waals surface area contributed by atoms with Crippen molar-refractivity contribution in [3.8, 4) is 0 Å². The summed E-state index contributed by atoms with van der Waals surface area (Å²) >= 11 is 5.23. The van der Waals surface area contributed by atoms with E-state index in [-0.39, 0.29) is 47.0 Å². The topological polar surface area (TPSA) is 269 Å². The summed E-state index contributed by atoms with van der Waals surface area (Å²) in [5.41, 5.74) is 11.8. The third kappa shape index (κ3) is 5.30. The number of hydrogen-bond donors (Lipinski definition) is 4. The Hall–Kier alpha value is -3.49. The number of nitrogens with zero attached hydrogens (tertiary/aromatic N) is 7. The van der Waals surface area contributed by atoms with Crippen molar-refractivity contribution in [3.63, 3.8) is 0 Å². The van der Waals surface area contributed by atoms with Crippen LogP contribution in [0.4, 0.5) is 11.6 Å². The quantitative estimate of drug-likeness (QED) is 0.211. The van der Waals surface area contributed by atoms with Gasteiger partial charge in [-0.2, -0.15) is 0 Å². The largest absolute Gasteiger partial charge is 0.382 e. The minimum Gasteiger partial charge on any atom is -0.382 e. The molecule has 0 radical (unpaired) electrons.